The van der Waals surface area contributed by atoms with Gasteiger partial charge in [0, 0.05) is 19.3 Å². The first kappa shape index (κ1) is 17.8. The number of rotatable bonds is 5. The van der Waals surface area contributed by atoms with Crippen LogP contribution in [0.1, 0.15) is 19.8 Å². The average molecular weight is 306 g/mol. The highest BCUT2D eigenvalue weighted by Crippen LogP contribution is 2.35. The molecule has 0 bridgehead atoms. The lowest BCUT2D eigenvalue weighted by atomic mass is 9.70. The van der Waals surface area contributed by atoms with E-state index < -0.39 is 67.2 Å². The molecule has 6 atom stereocenters. The van der Waals surface area contributed by atoms with Crippen LogP contribution in [-0.4, -0.2) is 74.0 Å². The molecule has 0 aliphatic heterocycles. The first-order valence-electron chi connectivity index (χ1n) is 6.48. The predicted molar refractivity (Wildman–Crippen MR) is 65.4 cm³/mol. The maximum Gasteiger partial charge on any atom is 0.217 e. The second-order valence-electron chi connectivity index (χ2n) is 5.43. The van der Waals surface area contributed by atoms with E-state index in [1.54, 1.807) is 0 Å². The van der Waals surface area contributed by atoms with Crippen LogP contribution in [0.2, 0.25) is 0 Å². The third-order valence-electron chi connectivity index (χ3n) is 3.77. The quantitative estimate of drug-likeness (QED) is 0.295. The van der Waals surface area contributed by atoms with E-state index in [-0.39, 0.29) is 0 Å². The zero-order valence-electron chi connectivity index (χ0n) is 11.5. The minimum absolute atomic E-state index is 0.534. The maximum absolute atomic E-state index is 11.2. The van der Waals surface area contributed by atoms with Gasteiger partial charge >= 0.3 is 0 Å². The average Bonchev–Trinajstić information content (AvgIpc) is 2.39. The fraction of sp³-hybridized carbons (Fsp3) is 0.833. The maximum atomic E-state index is 11.2. The van der Waals surface area contributed by atoms with Crippen molar-refractivity contribution >= 4 is 11.9 Å². The first-order chi connectivity index (χ1) is 9.62. The summed E-state index contributed by atoms with van der Waals surface area (Å²) in [4.78, 5) is 22.2. The molecule has 122 valence electrons. The number of aliphatic hydroxyl groups excluding tert-OH is 4. The highest BCUT2D eigenvalue weighted by Gasteiger charge is 2.49. The molecule has 1 amide bonds. The molecule has 0 spiro atoms. The summed E-state index contributed by atoms with van der Waals surface area (Å²) in [6.07, 6.45) is -5.85. The van der Waals surface area contributed by atoms with E-state index in [2.05, 4.69) is 5.32 Å². The molecule has 0 heterocycles. The molecule has 9 heteroatoms. The topological polar surface area (TPSA) is 170 Å². The van der Waals surface area contributed by atoms with Gasteiger partial charge in [-0.25, -0.2) is 0 Å². The lowest BCUT2D eigenvalue weighted by molar-refractivity contribution is -0.330. The highest BCUT2D eigenvalue weighted by atomic mass is 16.4. The molecule has 1 fully saturated rings. The second kappa shape index (κ2) is 6.67. The van der Waals surface area contributed by atoms with Gasteiger partial charge in [-0.05, 0) is 6.42 Å². The number of carboxylic acids is 1. The molecule has 9 nitrogen and oxygen atoms in total. The summed E-state index contributed by atoms with van der Waals surface area (Å²) in [6, 6.07) is -1.07. The molecule has 0 aromatic rings. The van der Waals surface area contributed by atoms with Crippen LogP contribution < -0.4 is 10.4 Å². The van der Waals surface area contributed by atoms with E-state index in [9.17, 15) is 35.1 Å². The van der Waals surface area contributed by atoms with Gasteiger partial charge in [-0.15, -0.1) is 0 Å². The van der Waals surface area contributed by atoms with Crippen LogP contribution in [0.15, 0.2) is 0 Å². The lowest BCUT2D eigenvalue weighted by Crippen LogP contribution is -2.64. The SMILES string of the molecule is CC(=O)N[C@@H]1[C@@H]([C@H](O)[C@H](O)CO)C[C@](O)(C(=O)[O-])C[C@@H]1O. The number of carbonyl (C=O) groups excluding carboxylic acids is 2. The van der Waals surface area contributed by atoms with Gasteiger partial charge in [0.15, 0.2) is 0 Å². The molecular formula is C12H20NO8-. The number of carbonyl (C=O) groups is 2. The molecule has 1 aliphatic carbocycles. The van der Waals surface area contributed by atoms with Gasteiger partial charge in [-0.1, -0.05) is 0 Å². The zero-order chi connectivity index (χ0) is 16.4. The number of aliphatic hydroxyl groups is 5. The van der Waals surface area contributed by atoms with E-state index in [0.717, 1.165) is 6.92 Å². The van der Waals surface area contributed by atoms with E-state index in [1.165, 1.54) is 0 Å². The third-order valence-corrected chi connectivity index (χ3v) is 3.77. The summed E-state index contributed by atoms with van der Waals surface area (Å²) in [5, 5.41) is 61.6. The lowest BCUT2D eigenvalue weighted by Gasteiger charge is -2.46. The summed E-state index contributed by atoms with van der Waals surface area (Å²) in [5.74, 6) is -3.53. The second-order valence-corrected chi connectivity index (χ2v) is 5.43. The number of aliphatic carboxylic acids is 1. The Kier molecular flexibility index (Phi) is 5.65. The molecular weight excluding hydrogens is 286 g/mol. The Hall–Kier alpha value is -1.26. The van der Waals surface area contributed by atoms with Crippen molar-refractivity contribution in [1.29, 1.82) is 0 Å². The van der Waals surface area contributed by atoms with Crippen LogP contribution in [0, 0.1) is 5.92 Å². The Morgan fingerprint density at radius 3 is 2.38 bits per heavy atom. The van der Waals surface area contributed by atoms with Crippen molar-refractivity contribution in [1.82, 2.24) is 5.32 Å². The summed E-state index contributed by atoms with van der Waals surface area (Å²) < 4.78 is 0. The van der Waals surface area contributed by atoms with E-state index in [0.29, 0.717) is 0 Å². The molecule has 1 saturated carbocycles. The summed E-state index contributed by atoms with van der Waals surface area (Å²) >= 11 is 0. The Balaban J connectivity index is 3.07. The number of nitrogens with one attached hydrogen (secondary N) is 1. The highest BCUT2D eigenvalue weighted by molar-refractivity contribution is 5.76. The normalized spacial score (nSPS) is 35.8. The van der Waals surface area contributed by atoms with Crippen molar-refractivity contribution in [2.45, 2.75) is 49.7 Å². The van der Waals surface area contributed by atoms with Crippen LogP contribution in [0.4, 0.5) is 0 Å². The van der Waals surface area contributed by atoms with Crippen molar-refractivity contribution in [3.63, 3.8) is 0 Å². The number of amides is 1. The Morgan fingerprint density at radius 2 is 1.95 bits per heavy atom. The molecule has 21 heavy (non-hydrogen) atoms. The number of hydrogen-bond acceptors (Lipinski definition) is 8. The summed E-state index contributed by atoms with van der Waals surface area (Å²) in [6.45, 7) is 0.364. The minimum Gasteiger partial charge on any atom is -0.547 e. The Morgan fingerprint density at radius 1 is 1.38 bits per heavy atom. The van der Waals surface area contributed by atoms with Gasteiger partial charge in [0.2, 0.25) is 5.91 Å². The molecule has 1 aliphatic rings. The van der Waals surface area contributed by atoms with Crippen molar-refractivity contribution in [3.05, 3.63) is 0 Å². The van der Waals surface area contributed by atoms with Gasteiger partial charge in [-0.2, -0.15) is 0 Å². The van der Waals surface area contributed by atoms with Gasteiger partial charge in [0.1, 0.15) is 11.7 Å². The van der Waals surface area contributed by atoms with Crippen molar-refractivity contribution in [2.24, 2.45) is 5.92 Å². The monoisotopic (exact) mass is 306 g/mol. The summed E-state index contributed by atoms with van der Waals surface area (Å²) in [5.41, 5.74) is -2.39. The predicted octanol–water partition coefficient (Wildman–Crippen LogP) is -4.54. The van der Waals surface area contributed by atoms with Crippen LogP contribution in [0.25, 0.3) is 0 Å². The third kappa shape index (κ3) is 3.89. The van der Waals surface area contributed by atoms with Gasteiger partial charge < -0.3 is 40.8 Å². The first-order valence-corrected chi connectivity index (χ1v) is 6.48. The summed E-state index contributed by atoms with van der Waals surface area (Å²) in [7, 11) is 0. The molecule has 0 saturated heterocycles. The number of hydrogen-bond donors (Lipinski definition) is 6. The van der Waals surface area contributed by atoms with E-state index >= 15 is 0 Å². The minimum atomic E-state index is -2.39. The molecule has 6 N–H and O–H groups in total. The van der Waals surface area contributed by atoms with Gasteiger partial charge in [-0.3, -0.25) is 4.79 Å². The Bertz CT molecular complexity index is 403. The zero-order valence-corrected chi connectivity index (χ0v) is 11.5. The fourth-order valence-corrected chi connectivity index (χ4v) is 2.69. The van der Waals surface area contributed by atoms with Crippen molar-refractivity contribution in [2.75, 3.05) is 6.61 Å². The van der Waals surface area contributed by atoms with Crippen LogP contribution >= 0.6 is 0 Å². The van der Waals surface area contributed by atoms with Gasteiger partial charge in [0.05, 0.1) is 30.8 Å². The standard InChI is InChI=1S/C12H21NO8/c1-5(15)13-9-6(10(18)8(17)4-14)2-12(21,11(19)20)3-7(9)16/h6-10,14,16-18,21H,2-4H2,1H3,(H,13,15)(H,19,20)/p-1/t6-,7-,8+,9+,10-,12+/m0/s1. The van der Waals surface area contributed by atoms with Crippen LogP contribution in [-0.2, 0) is 9.59 Å². The van der Waals surface area contributed by atoms with E-state index in [1.807, 2.05) is 0 Å². The molecule has 0 aromatic carbocycles. The van der Waals surface area contributed by atoms with Crippen molar-refractivity contribution < 1.29 is 40.2 Å². The molecule has 0 unspecified atom stereocenters. The van der Waals surface area contributed by atoms with Crippen LogP contribution in [0.5, 0.6) is 0 Å². The van der Waals surface area contributed by atoms with Gasteiger partial charge in [0.25, 0.3) is 0 Å². The van der Waals surface area contributed by atoms with Crippen molar-refractivity contribution in [3.8, 4) is 0 Å². The smallest absolute Gasteiger partial charge is 0.217 e. The fourth-order valence-electron chi connectivity index (χ4n) is 2.69. The Labute approximate surface area is 120 Å². The van der Waals surface area contributed by atoms with E-state index in [4.69, 9.17) is 5.11 Å². The molecule has 1 rings (SSSR count). The molecule has 0 aromatic heterocycles. The number of carboxylic acid groups (broad SMARTS) is 1. The van der Waals surface area contributed by atoms with Crippen LogP contribution in [0.3, 0.4) is 0 Å². The molecule has 0 radical (unpaired) electrons. The largest absolute Gasteiger partial charge is 0.547 e.